The third kappa shape index (κ3) is 2.68. The van der Waals surface area contributed by atoms with Crippen molar-refractivity contribution >= 4 is 34.0 Å². The van der Waals surface area contributed by atoms with Gasteiger partial charge in [-0.3, -0.25) is 29.8 Å². The summed E-state index contributed by atoms with van der Waals surface area (Å²) in [5.41, 5.74) is -1.51. The van der Waals surface area contributed by atoms with Gasteiger partial charge >= 0.3 is 5.69 Å². The number of nitrogens with zero attached hydrogens (tertiary/aromatic N) is 3. The number of benzene rings is 3. The highest BCUT2D eigenvalue weighted by Gasteiger charge is 2.38. The number of nitro benzene ring substituents is 2. The molecule has 4 rings (SSSR count). The number of phenols is 1. The summed E-state index contributed by atoms with van der Waals surface area (Å²) in [6.07, 6.45) is 0. The molecule has 0 saturated heterocycles. The quantitative estimate of drug-likeness (QED) is 0.402. The average molecular weight is 395 g/mol. The van der Waals surface area contributed by atoms with Gasteiger partial charge in [0.05, 0.1) is 27.0 Å². The molecule has 144 valence electrons. The van der Waals surface area contributed by atoms with E-state index < -0.39 is 44.5 Å². The number of non-ortho nitro benzene ring substituents is 1. The zero-order valence-corrected chi connectivity index (χ0v) is 14.3. The highest BCUT2D eigenvalue weighted by Crippen LogP contribution is 2.37. The van der Waals surface area contributed by atoms with E-state index in [4.69, 9.17) is 4.84 Å². The molecular formula is C18H9N3O8. The highest BCUT2D eigenvalue weighted by atomic mass is 16.7. The van der Waals surface area contributed by atoms with Crippen LogP contribution in [0.2, 0.25) is 0 Å². The molecular weight excluding hydrogens is 386 g/mol. The van der Waals surface area contributed by atoms with Crippen LogP contribution in [-0.2, 0) is 0 Å². The first kappa shape index (κ1) is 17.9. The number of hydrogen-bond donors (Lipinski definition) is 1. The maximum atomic E-state index is 12.8. The zero-order chi connectivity index (χ0) is 20.9. The maximum absolute atomic E-state index is 12.8. The lowest BCUT2D eigenvalue weighted by atomic mass is 9.94. The Labute approximate surface area is 160 Å². The molecule has 0 radical (unpaired) electrons. The minimum Gasteiger partial charge on any atom is -0.507 e. The van der Waals surface area contributed by atoms with Gasteiger partial charge in [-0.1, -0.05) is 23.3 Å². The first-order valence-electron chi connectivity index (χ1n) is 8.04. The second-order valence-electron chi connectivity index (χ2n) is 6.03. The van der Waals surface area contributed by atoms with Crippen LogP contribution >= 0.6 is 0 Å². The number of rotatable bonds is 4. The number of imide groups is 1. The smallest absolute Gasteiger partial charge is 0.321 e. The summed E-state index contributed by atoms with van der Waals surface area (Å²) >= 11 is 0. The zero-order valence-electron chi connectivity index (χ0n) is 14.3. The Morgan fingerprint density at radius 2 is 1.69 bits per heavy atom. The van der Waals surface area contributed by atoms with Gasteiger partial charge in [0, 0.05) is 11.5 Å². The van der Waals surface area contributed by atoms with Crippen LogP contribution in [0.25, 0.3) is 10.8 Å². The van der Waals surface area contributed by atoms with Gasteiger partial charge in [0.25, 0.3) is 17.5 Å². The molecule has 11 heteroatoms. The standard InChI is InChI=1S/C18H9N3O8/c22-13-6-4-9-2-1-3-11-15(9)16(13)18(24)19(17(11)23)29-14-7-5-10(20(25)26)8-12(14)21(27)28/h1-8,22H. The summed E-state index contributed by atoms with van der Waals surface area (Å²) < 4.78 is 0. The fraction of sp³-hybridized carbons (Fsp3) is 0. The first-order chi connectivity index (χ1) is 13.8. The lowest BCUT2D eigenvalue weighted by molar-refractivity contribution is -0.395. The molecule has 0 saturated carbocycles. The summed E-state index contributed by atoms with van der Waals surface area (Å²) in [6.45, 7) is 0. The van der Waals surface area contributed by atoms with Crippen LogP contribution in [0.15, 0.2) is 48.5 Å². The molecule has 0 aliphatic carbocycles. The topological polar surface area (TPSA) is 153 Å². The van der Waals surface area contributed by atoms with Crippen molar-refractivity contribution in [2.45, 2.75) is 0 Å². The molecule has 1 aliphatic rings. The fourth-order valence-electron chi connectivity index (χ4n) is 3.09. The van der Waals surface area contributed by atoms with Crippen molar-refractivity contribution in [3.8, 4) is 11.5 Å². The Morgan fingerprint density at radius 3 is 2.38 bits per heavy atom. The van der Waals surface area contributed by atoms with Gasteiger partial charge in [-0.2, -0.15) is 0 Å². The van der Waals surface area contributed by atoms with Crippen molar-refractivity contribution in [1.29, 1.82) is 0 Å². The number of carbonyl (C=O) groups excluding carboxylic acids is 2. The minimum atomic E-state index is -1.02. The van der Waals surface area contributed by atoms with Crippen LogP contribution in [0.5, 0.6) is 11.5 Å². The Balaban J connectivity index is 1.83. The summed E-state index contributed by atoms with van der Waals surface area (Å²) in [6, 6.07) is 9.96. The highest BCUT2D eigenvalue weighted by molar-refractivity contribution is 6.26. The van der Waals surface area contributed by atoms with Crippen molar-refractivity contribution in [3.63, 3.8) is 0 Å². The lowest BCUT2D eigenvalue weighted by Crippen LogP contribution is -2.42. The van der Waals surface area contributed by atoms with E-state index >= 15 is 0 Å². The fourth-order valence-corrected chi connectivity index (χ4v) is 3.09. The normalized spacial score (nSPS) is 12.9. The van der Waals surface area contributed by atoms with Gasteiger partial charge in [-0.25, -0.2) is 0 Å². The van der Waals surface area contributed by atoms with Gasteiger partial charge < -0.3 is 9.94 Å². The molecule has 0 spiro atoms. The maximum Gasteiger partial charge on any atom is 0.321 e. The van der Waals surface area contributed by atoms with E-state index in [1.807, 2.05) is 0 Å². The van der Waals surface area contributed by atoms with Crippen LogP contribution in [0.4, 0.5) is 11.4 Å². The molecule has 1 N–H and O–H groups in total. The summed E-state index contributed by atoms with van der Waals surface area (Å²) in [4.78, 5) is 51.2. The van der Waals surface area contributed by atoms with E-state index in [1.54, 1.807) is 12.1 Å². The van der Waals surface area contributed by atoms with E-state index in [9.17, 15) is 34.9 Å². The number of amides is 2. The molecule has 1 heterocycles. The van der Waals surface area contributed by atoms with Gasteiger partial charge in [-0.15, -0.1) is 0 Å². The predicted octanol–water partition coefficient (Wildman–Crippen LogP) is 2.95. The summed E-state index contributed by atoms with van der Waals surface area (Å²) in [5.74, 6) is -2.86. The van der Waals surface area contributed by atoms with Crippen molar-refractivity contribution in [2.24, 2.45) is 0 Å². The molecule has 2 amide bonds. The number of hydroxylamine groups is 2. The Bertz CT molecular complexity index is 1250. The number of aromatic hydroxyl groups is 1. The molecule has 3 aromatic carbocycles. The number of hydrogen-bond acceptors (Lipinski definition) is 8. The van der Waals surface area contributed by atoms with Crippen LogP contribution in [0.3, 0.4) is 0 Å². The average Bonchev–Trinajstić information content (AvgIpc) is 2.69. The van der Waals surface area contributed by atoms with Crippen LogP contribution in [-0.4, -0.2) is 31.8 Å². The molecule has 0 unspecified atom stereocenters. The molecule has 11 nitrogen and oxygen atoms in total. The molecule has 3 aromatic rings. The van der Waals surface area contributed by atoms with Gasteiger partial charge in [0.15, 0.2) is 0 Å². The van der Waals surface area contributed by atoms with E-state index in [-0.39, 0.29) is 21.6 Å². The van der Waals surface area contributed by atoms with Gasteiger partial charge in [0.2, 0.25) is 5.75 Å². The van der Waals surface area contributed by atoms with E-state index in [1.165, 1.54) is 18.2 Å². The predicted molar refractivity (Wildman–Crippen MR) is 96.5 cm³/mol. The van der Waals surface area contributed by atoms with Gasteiger partial charge in [0.1, 0.15) is 5.75 Å². The monoisotopic (exact) mass is 395 g/mol. The van der Waals surface area contributed by atoms with E-state index in [0.29, 0.717) is 11.5 Å². The third-order valence-electron chi connectivity index (χ3n) is 4.38. The third-order valence-corrected chi connectivity index (χ3v) is 4.38. The number of phenolic OH excluding ortho intramolecular Hbond substituents is 1. The summed E-state index contributed by atoms with van der Waals surface area (Å²) in [7, 11) is 0. The molecule has 0 aromatic heterocycles. The van der Waals surface area contributed by atoms with E-state index in [0.717, 1.165) is 12.1 Å². The largest absolute Gasteiger partial charge is 0.507 e. The first-order valence-corrected chi connectivity index (χ1v) is 8.04. The molecule has 1 aliphatic heterocycles. The molecule has 0 bridgehead atoms. The van der Waals surface area contributed by atoms with E-state index in [2.05, 4.69) is 0 Å². The Hall–Kier alpha value is -4.54. The second-order valence-corrected chi connectivity index (χ2v) is 6.03. The Morgan fingerprint density at radius 1 is 0.931 bits per heavy atom. The lowest BCUT2D eigenvalue weighted by Gasteiger charge is -2.26. The summed E-state index contributed by atoms with van der Waals surface area (Å²) in [5, 5.41) is 33.3. The minimum absolute atomic E-state index is 0.0533. The molecule has 0 atom stereocenters. The number of carbonyl (C=O) groups is 2. The van der Waals surface area contributed by atoms with Crippen LogP contribution < -0.4 is 4.84 Å². The second kappa shape index (κ2) is 6.27. The van der Waals surface area contributed by atoms with Crippen molar-refractivity contribution in [2.75, 3.05) is 0 Å². The Kier molecular flexibility index (Phi) is 3.86. The van der Waals surface area contributed by atoms with Crippen molar-refractivity contribution in [3.05, 3.63) is 79.9 Å². The molecule has 0 fully saturated rings. The van der Waals surface area contributed by atoms with Crippen LogP contribution in [0.1, 0.15) is 20.7 Å². The molecule has 29 heavy (non-hydrogen) atoms. The van der Waals surface area contributed by atoms with Crippen molar-refractivity contribution < 1.29 is 29.4 Å². The number of nitro groups is 2. The van der Waals surface area contributed by atoms with Crippen molar-refractivity contribution in [1.82, 2.24) is 5.06 Å². The SMILES string of the molecule is O=C1c2cccc3ccc(O)c(c23)C(=O)N1Oc1ccc([N+](=O)[O-])cc1[N+](=O)[O-]. The van der Waals surface area contributed by atoms with Gasteiger partial charge in [-0.05, 0) is 23.6 Å². The van der Waals surface area contributed by atoms with Crippen LogP contribution in [0, 0.1) is 20.2 Å².